The first-order valence-electron chi connectivity index (χ1n) is 9.23. The fourth-order valence-electron chi connectivity index (χ4n) is 4.12. The minimum absolute atomic E-state index is 0.104. The summed E-state index contributed by atoms with van der Waals surface area (Å²) < 4.78 is 70.7. The van der Waals surface area contributed by atoms with E-state index >= 15 is 0 Å². The number of rotatable bonds is 5. The Morgan fingerprint density at radius 1 is 1.21 bits per heavy atom. The monoisotopic (exact) mass is 430 g/mol. The second kappa shape index (κ2) is 6.78. The Bertz CT molecular complexity index is 1020. The van der Waals surface area contributed by atoms with Gasteiger partial charge in [0.1, 0.15) is 16.3 Å². The lowest BCUT2D eigenvalue weighted by molar-refractivity contribution is -0.141. The summed E-state index contributed by atoms with van der Waals surface area (Å²) in [5.74, 6) is 0.831. The molecule has 0 amide bonds. The number of likely N-dealkylation sites (tertiary alicyclic amines) is 1. The number of hydrogen-bond donors (Lipinski definition) is 0. The van der Waals surface area contributed by atoms with Crippen LogP contribution in [0.3, 0.4) is 0 Å². The fourth-order valence-corrected chi connectivity index (χ4v) is 5.94. The number of alkyl halides is 3. The van der Waals surface area contributed by atoms with Crippen LogP contribution in [0.25, 0.3) is 0 Å². The van der Waals surface area contributed by atoms with Crippen molar-refractivity contribution in [3.05, 3.63) is 41.4 Å². The Morgan fingerprint density at radius 3 is 2.48 bits per heavy atom. The zero-order valence-corrected chi connectivity index (χ0v) is 16.8. The van der Waals surface area contributed by atoms with Gasteiger partial charge in [0, 0.05) is 31.6 Å². The summed E-state index contributed by atoms with van der Waals surface area (Å²) >= 11 is 0. The molecule has 158 valence electrons. The molecule has 0 atom stereocenters. The Morgan fingerprint density at radius 2 is 1.90 bits per heavy atom. The van der Waals surface area contributed by atoms with E-state index in [1.54, 1.807) is 0 Å². The molecule has 4 heterocycles. The number of aromatic nitrogens is 2. The predicted molar refractivity (Wildman–Crippen MR) is 96.3 cm³/mol. The first-order chi connectivity index (χ1) is 13.5. The maximum Gasteiger partial charge on any atom is 0.433 e. The lowest BCUT2D eigenvalue weighted by atomic mass is 9.74. The standard InChI is InChI=1S/C18H21F3N4O3S/c1-3-13-14(28-11-22-13)6-24-7-17(8-24)9-25(10-17)29(26,27)15-4-5-16(18(19,20)21)23-12(15)2/h4-5,11H,3,6-10H2,1-2H3. The number of pyridine rings is 1. The quantitative estimate of drug-likeness (QED) is 0.725. The van der Waals surface area contributed by atoms with Gasteiger partial charge in [-0.15, -0.1) is 0 Å². The van der Waals surface area contributed by atoms with Gasteiger partial charge in [-0.05, 0) is 25.5 Å². The molecule has 0 unspecified atom stereocenters. The zero-order chi connectivity index (χ0) is 21.0. The van der Waals surface area contributed by atoms with E-state index < -0.39 is 21.9 Å². The molecule has 2 aromatic rings. The average Bonchev–Trinajstić information content (AvgIpc) is 3.01. The van der Waals surface area contributed by atoms with Crippen molar-refractivity contribution in [3.8, 4) is 0 Å². The molecule has 2 fully saturated rings. The molecule has 1 spiro atoms. The van der Waals surface area contributed by atoms with Gasteiger partial charge in [-0.3, -0.25) is 4.90 Å². The predicted octanol–water partition coefficient (Wildman–Crippen LogP) is 2.47. The molecule has 7 nitrogen and oxygen atoms in total. The van der Waals surface area contributed by atoms with Crippen LogP contribution >= 0.6 is 0 Å². The maximum absolute atomic E-state index is 12.8. The second-order valence-corrected chi connectivity index (χ2v) is 9.68. The molecule has 11 heteroatoms. The summed E-state index contributed by atoms with van der Waals surface area (Å²) in [7, 11) is -3.86. The van der Waals surface area contributed by atoms with Gasteiger partial charge in [0.05, 0.1) is 17.9 Å². The molecule has 2 aliphatic rings. The summed E-state index contributed by atoms with van der Waals surface area (Å²) in [5.41, 5.74) is -0.419. The van der Waals surface area contributed by atoms with Gasteiger partial charge in [-0.25, -0.2) is 18.4 Å². The van der Waals surface area contributed by atoms with E-state index in [9.17, 15) is 21.6 Å². The smallest absolute Gasteiger partial charge is 0.433 e. The number of hydrogen-bond acceptors (Lipinski definition) is 6. The SMILES string of the molecule is CCc1ncoc1CN1CC2(C1)CN(S(=O)(=O)c1ccc(C(F)(F)F)nc1C)C2. The maximum atomic E-state index is 12.8. The highest BCUT2D eigenvalue weighted by Gasteiger charge is 2.55. The molecular formula is C18H21F3N4O3S. The van der Waals surface area contributed by atoms with Gasteiger partial charge < -0.3 is 4.42 Å². The molecule has 2 saturated heterocycles. The number of sulfonamides is 1. The fraction of sp³-hybridized carbons (Fsp3) is 0.556. The van der Waals surface area contributed by atoms with Crippen molar-refractivity contribution in [2.24, 2.45) is 5.41 Å². The zero-order valence-electron chi connectivity index (χ0n) is 16.0. The molecule has 0 saturated carbocycles. The summed E-state index contributed by atoms with van der Waals surface area (Å²) in [6.45, 7) is 6.11. The van der Waals surface area contributed by atoms with Crippen LogP contribution in [0.2, 0.25) is 0 Å². The van der Waals surface area contributed by atoms with Crippen molar-refractivity contribution >= 4 is 10.0 Å². The van der Waals surface area contributed by atoms with Crippen molar-refractivity contribution in [1.82, 2.24) is 19.2 Å². The average molecular weight is 430 g/mol. The summed E-state index contributed by atoms with van der Waals surface area (Å²) in [6, 6.07) is 1.71. The van der Waals surface area contributed by atoms with Crippen molar-refractivity contribution in [2.75, 3.05) is 26.2 Å². The van der Waals surface area contributed by atoms with Crippen LogP contribution in [0.1, 0.15) is 29.8 Å². The highest BCUT2D eigenvalue weighted by Crippen LogP contribution is 2.43. The van der Waals surface area contributed by atoms with Gasteiger partial charge in [-0.1, -0.05) is 6.92 Å². The molecule has 2 aliphatic heterocycles. The van der Waals surface area contributed by atoms with E-state index in [4.69, 9.17) is 4.42 Å². The Balaban J connectivity index is 1.39. The van der Waals surface area contributed by atoms with Crippen LogP contribution in [0.5, 0.6) is 0 Å². The van der Waals surface area contributed by atoms with Crippen LogP contribution in [0.4, 0.5) is 13.2 Å². The molecule has 2 aromatic heterocycles. The third-order valence-electron chi connectivity index (χ3n) is 5.51. The van der Waals surface area contributed by atoms with E-state index in [-0.39, 0.29) is 16.0 Å². The van der Waals surface area contributed by atoms with Gasteiger partial charge in [0.2, 0.25) is 10.0 Å². The Kier molecular flexibility index (Phi) is 4.74. The van der Waals surface area contributed by atoms with Gasteiger partial charge in [0.15, 0.2) is 6.39 Å². The minimum atomic E-state index is -4.61. The van der Waals surface area contributed by atoms with Gasteiger partial charge in [0.25, 0.3) is 0 Å². The van der Waals surface area contributed by atoms with E-state index in [0.717, 1.165) is 37.0 Å². The summed E-state index contributed by atoms with van der Waals surface area (Å²) in [4.78, 5) is 9.60. The highest BCUT2D eigenvalue weighted by atomic mass is 32.2. The highest BCUT2D eigenvalue weighted by molar-refractivity contribution is 7.89. The van der Waals surface area contributed by atoms with E-state index in [1.165, 1.54) is 17.6 Å². The number of nitrogens with zero attached hydrogens (tertiary/aromatic N) is 4. The Hall–Kier alpha value is -1.98. The Labute approximate surface area is 166 Å². The third kappa shape index (κ3) is 3.55. The molecule has 0 N–H and O–H groups in total. The number of halogens is 3. The summed E-state index contributed by atoms with van der Waals surface area (Å²) in [5, 5.41) is 0. The molecule has 29 heavy (non-hydrogen) atoms. The van der Waals surface area contributed by atoms with Gasteiger partial charge in [-0.2, -0.15) is 17.5 Å². The molecule has 0 aromatic carbocycles. The molecule has 0 aliphatic carbocycles. The van der Waals surface area contributed by atoms with Crippen LogP contribution in [-0.2, 0) is 29.2 Å². The molecule has 0 bridgehead atoms. The normalized spacial score (nSPS) is 19.9. The lowest BCUT2D eigenvalue weighted by Gasteiger charge is -2.59. The summed E-state index contributed by atoms with van der Waals surface area (Å²) in [6.07, 6.45) is -2.39. The first kappa shape index (κ1) is 20.3. The number of oxazole rings is 1. The van der Waals surface area contributed by atoms with Crippen molar-refractivity contribution < 1.29 is 26.0 Å². The molecule has 4 rings (SSSR count). The topological polar surface area (TPSA) is 79.5 Å². The van der Waals surface area contributed by atoms with E-state index in [1.807, 2.05) is 6.92 Å². The minimum Gasteiger partial charge on any atom is -0.447 e. The van der Waals surface area contributed by atoms with Crippen LogP contribution in [0, 0.1) is 12.3 Å². The molecular weight excluding hydrogens is 409 g/mol. The van der Waals surface area contributed by atoms with Crippen molar-refractivity contribution in [3.63, 3.8) is 0 Å². The van der Waals surface area contributed by atoms with Gasteiger partial charge >= 0.3 is 6.18 Å². The first-order valence-corrected chi connectivity index (χ1v) is 10.7. The van der Waals surface area contributed by atoms with E-state index in [0.29, 0.717) is 25.7 Å². The molecule has 0 radical (unpaired) electrons. The number of aryl methyl sites for hydroxylation is 2. The third-order valence-corrected chi connectivity index (χ3v) is 7.44. The lowest BCUT2D eigenvalue weighted by Crippen LogP contribution is -2.72. The van der Waals surface area contributed by atoms with E-state index in [2.05, 4.69) is 14.9 Å². The van der Waals surface area contributed by atoms with Crippen LogP contribution in [0.15, 0.2) is 27.8 Å². The van der Waals surface area contributed by atoms with Crippen LogP contribution < -0.4 is 0 Å². The largest absolute Gasteiger partial charge is 0.447 e. The van der Waals surface area contributed by atoms with Crippen molar-refractivity contribution in [2.45, 2.75) is 37.9 Å². The van der Waals surface area contributed by atoms with Crippen molar-refractivity contribution in [1.29, 1.82) is 0 Å². The van der Waals surface area contributed by atoms with Crippen LogP contribution in [-0.4, -0.2) is 53.8 Å². The second-order valence-electron chi connectivity index (χ2n) is 7.77.